The molecule has 2 aromatic rings. The van der Waals surface area contributed by atoms with E-state index in [0.717, 1.165) is 18.5 Å². The van der Waals surface area contributed by atoms with Crippen molar-refractivity contribution in [2.45, 2.75) is 39.7 Å². The number of rotatable bonds is 5. The first kappa shape index (κ1) is 14.6. The van der Waals surface area contributed by atoms with Gasteiger partial charge in [-0.1, -0.05) is 29.8 Å². The van der Waals surface area contributed by atoms with Gasteiger partial charge in [-0.2, -0.15) is 0 Å². The third kappa shape index (κ3) is 4.09. The highest BCUT2D eigenvalue weighted by molar-refractivity contribution is 5.46. The minimum Gasteiger partial charge on any atom is -0.383 e. The molecule has 0 bridgehead atoms. The van der Waals surface area contributed by atoms with Crippen molar-refractivity contribution in [1.29, 1.82) is 0 Å². The van der Waals surface area contributed by atoms with E-state index >= 15 is 0 Å². The summed E-state index contributed by atoms with van der Waals surface area (Å²) in [7, 11) is 0. The Kier molecular flexibility index (Phi) is 4.78. The first-order valence-corrected chi connectivity index (χ1v) is 7.13. The number of halogens is 1. The molecule has 0 radical (unpaired) electrons. The Morgan fingerprint density at radius 3 is 2.60 bits per heavy atom. The zero-order valence-corrected chi connectivity index (χ0v) is 12.4. The van der Waals surface area contributed by atoms with Gasteiger partial charge in [-0.15, -0.1) is 0 Å². The molecule has 2 heteroatoms. The van der Waals surface area contributed by atoms with Crippen molar-refractivity contribution in [3.8, 4) is 0 Å². The topological polar surface area (TPSA) is 12.0 Å². The summed E-state index contributed by atoms with van der Waals surface area (Å²) in [6.07, 6.45) is 2.11. The third-order valence-corrected chi connectivity index (χ3v) is 3.52. The molecule has 1 unspecified atom stereocenters. The lowest BCUT2D eigenvalue weighted by Crippen LogP contribution is -2.16. The maximum Gasteiger partial charge on any atom is 0.126 e. The van der Waals surface area contributed by atoms with E-state index in [0.29, 0.717) is 11.6 Å². The molecule has 0 saturated carbocycles. The highest BCUT2D eigenvalue weighted by Gasteiger charge is 2.05. The lowest BCUT2D eigenvalue weighted by Gasteiger charge is -2.16. The van der Waals surface area contributed by atoms with E-state index in [1.54, 1.807) is 13.0 Å². The Labute approximate surface area is 120 Å². The second kappa shape index (κ2) is 6.56. The van der Waals surface area contributed by atoms with Crippen LogP contribution >= 0.6 is 0 Å². The molecule has 0 spiro atoms. The van der Waals surface area contributed by atoms with Gasteiger partial charge < -0.3 is 5.32 Å². The van der Waals surface area contributed by atoms with Gasteiger partial charge in [-0.05, 0) is 62.9 Å². The average Bonchev–Trinajstić information content (AvgIpc) is 2.41. The van der Waals surface area contributed by atoms with Gasteiger partial charge in [0.2, 0.25) is 0 Å². The van der Waals surface area contributed by atoms with E-state index in [4.69, 9.17) is 0 Å². The fourth-order valence-corrected chi connectivity index (χ4v) is 2.34. The molecule has 0 aliphatic heterocycles. The van der Waals surface area contributed by atoms with Gasteiger partial charge in [0.15, 0.2) is 0 Å². The largest absolute Gasteiger partial charge is 0.383 e. The van der Waals surface area contributed by atoms with Crippen LogP contribution in [0.4, 0.5) is 10.1 Å². The monoisotopic (exact) mass is 271 g/mol. The zero-order valence-electron chi connectivity index (χ0n) is 12.4. The van der Waals surface area contributed by atoms with Gasteiger partial charge >= 0.3 is 0 Å². The molecule has 1 N–H and O–H groups in total. The summed E-state index contributed by atoms with van der Waals surface area (Å²) < 4.78 is 13.2. The number of hydrogen-bond donors (Lipinski definition) is 1. The highest BCUT2D eigenvalue weighted by atomic mass is 19.1. The maximum atomic E-state index is 13.2. The van der Waals surface area contributed by atoms with Crippen LogP contribution in [0, 0.1) is 19.7 Å². The lowest BCUT2D eigenvalue weighted by molar-refractivity contribution is 0.618. The predicted molar refractivity (Wildman–Crippen MR) is 83.7 cm³/mol. The summed E-state index contributed by atoms with van der Waals surface area (Å²) in [5.41, 5.74) is 4.34. The smallest absolute Gasteiger partial charge is 0.126 e. The van der Waals surface area contributed by atoms with Gasteiger partial charge in [0.1, 0.15) is 5.82 Å². The fraction of sp³-hybridized carbons (Fsp3) is 0.333. The fourth-order valence-electron chi connectivity index (χ4n) is 2.34. The molecule has 2 rings (SSSR count). The van der Waals surface area contributed by atoms with Crippen LogP contribution in [0.15, 0.2) is 42.5 Å². The summed E-state index contributed by atoms with van der Waals surface area (Å²) in [5, 5.41) is 3.43. The van der Waals surface area contributed by atoms with Gasteiger partial charge in [-0.25, -0.2) is 4.39 Å². The molecule has 0 aliphatic carbocycles. The zero-order chi connectivity index (χ0) is 14.5. The number of benzene rings is 2. The van der Waals surface area contributed by atoms with E-state index in [1.165, 1.54) is 17.2 Å². The first-order valence-electron chi connectivity index (χ1n) is 7.13. The van der Waals surface area contributed by atoms with Crippen molar-refractivity contribution in [3.63, 3.8) is 0 Å². The quantitative estimate of drug-likeness (QED) is 0.817. The van der Waals surface area contributed by atoms with E-state index < -0.39 is 0 Å². The van der Waals surface area contributed by atoms with Crippen molar-refractivity contribution >= 4 is 5.69 Å². The van der Waals surface area contributed by atoms with E-state index in [1.807, 2.05) is 6.07 Å². The van der Waals surface area contributed by atoms with E-state index in [2.05, 4.69) is 43.4 Å². The Bertz CT molecular complexity index is 577. The van der Waals surface area contributed by atoms with Gasteiger partial charge in [-0.3, -0.25) is 0 Å². The second-order valence-corrected chi connectivity index (χ2v) is 5.54. The maximum absolute atomic E-state index is 13.2. The van der Waals surface area contributed by atoms with Crippen LogP contribution in [0.25, 0.3) is 0 Å². The van der Waals surface area contributed by atoms with Crippen molar-refractivity contribution < 1.29 is 4.39 Å². The molecule has 0 fully saturated rings. The molecular formula is C18H22FN. The summed E-state index contributed by atoms with van der Waals surface area (Å²) in [5.74, 6) is -0.150. The third-order valence-electron chi connectivity index (χ3n) is 3.52. The molecule has 0 amide bonds. The first-order chi connectivity index (χ1) is 9.54. The van der Waals surface area contributed by atoms with Crippen molar-refractivity contribution in [2.24, 2.45) is 0 Å². The van der Waals surface area contributed by atoms with Crippen LogP contribution in [-0.2, 0) is 6.42 Å². The minimum absolute atomic E-state index is 0.150. The average molecular weight is 271 g/mol. The minimum atomic E-state index is -0.150. The van der Waals surface area contributed by atoms with Crippen molar-refractivity contribution in [2.75, 3.05) is 5.32 Å². The molecule has 2 aromatic carbocycles. The number of aryl methyl sites for hydroxylation is 3. The van der Waals surface area contributed by atoms with Crippen LogP contribution < -0.4 is 5.32 Å². The van der Waals surface area contributed by atoms with Crippen LogP contribution in [0.1, 0.15) is 30.0 Å². The summed E-state index contributed by atoms with van der Waals surface area (Å²) in [4.78, 5) is 0. The molecule has 0 heterocycles. The van der Waals surface area contributed by atoms with Crippen LogP contribution in [0.2, 0.25) is 0 Å². The molecular weight excluding hydrogens is 249 g/mol. The van der Waals surface area contributed by atoms with Gasteiger partial charge in [0.25, 0.3) is 0 Å². The Balaban J connectivity index is 1.89. The van der Waals surface area contributed by atoms with Crippen LogP contribution in [0.3, 0.4) is 0 Å². The van der Waals surface area contributed by atoms with E-state index in [-0.39, 0.29) is 5.82 Å². The molecule has 0 saturated heterocycles. The van der Waals surface area contributed by atoms with Crippen molar-refractivity contribution in [1.82, 2.24) is 0 Å². The van der Waals surface area contributed by atoms with Crippen LogP contribution in [0.5, 0.6) is 0 Å². The molecule has 0 aromatic heterocycles. The Morgan fingerprint density at radius 1 is 1.10 bits per heavy atom. The highest BCUT2D eigenvalue weighted by Crippen LogP contribution is 2.16. The summed E-state index contributed by atoms with van der Waals surface area (Å²) >= 11 is 0. The van der Waals surface area contributed by atoms with Gasteiger partial charge in [0.05, 0.1) is 0 Å². The normalized spacial score (nSPS) is 12.2. The summed E-state index contributed by atoms with van der Waals surface area (Å²) in [6, 6.07) is 14.2. The van der Waals surface area contributed by atoms with Crippen LogP contribution in [-0.4, -0.2) is 6.04 Å². The molecule has 1 atom stereocenters. The van der Waals surface area contributed by atoms with E-state index in [9.17, 15) is 4.39 Å². The standard InChI is InChI=1S/C18H22FN/c1-13-5-4-6-16(11-13)8-7-15(3)20-17-9-10-18(19)14(2)12-17/h4-6,9-12,15,20H,7-8H2,1-3H3. The number of hydrogen-bond acceptors (Lipinski definition) is 1. The Hall–Kier alpha value is -1.83. The predicted octanol–water partition coefficient (Wildman–Crippen LogP) is 4.88. The number of nitrogens with one attached hydrogen (secondary N) is 1. The van der Waals surface area contributed by atoms with Gasteiger partial charge in [0, 0.05) is 11.7 Å². The lowest BCUT2D eigenvalue weighted by atomic mass is 10.0. The molecule has 0 aliphatic rings. The van der Waals surface area contributed by atoms with Crippen molar-refractivity contribution in [3.05, 3.63) is 65.0 Å². The SMILES string of the molecule is Cc1cccc(CCC(C)Nc2ccc(F)c(C)c2)c1. The molecule has 106 valence electrons. The second-order valence-electron chi connectivity index (χ2n) is 5.54. The number of anilines is 1. The molecule has 1 nitrogen and oxygen atoms in total. The molecule has 20 heavy (non-hydrogen) atoms. The summed E-state index contributed by atoms with van der Waals surface area (Å²) in [6.45, 7) is 6.07. The Morgan fingerprint density at radius 2 is 1.90 bits per heavy atom.